The lowest BCUT2D eigenvalue weighted by molar-refractivity contribution is -0.115. The Kier molecular flexibility index (Phi) is 3.99. The molecule has 15 heavy (non-hydrogen) atoms. The van der Waals surface area contributed by atoms with E-state index in [9.17, 15) is 4.79 Å². The molecular weight excluding hydrogens is 188 g/mol. The van der Waals surface area contributed by atoms with E-state index in [0.29, 0.717) is 0 Å². The van der Waals surface area contributed by atoms with Crippen LogP contribution in [0.1, 0.15) is 12.5 Å². The number of benzene rings is 1. The summed E-state index contributed by atoms with van der Waals surface area (Å²) in [6.07, 6.45) is 3.27. The fourth-order valence-corrected chi connectivity index (χ4v) is 1.01. The van der Waals surface area contributed by atoms with Gasteiger partial charge in [0, 0.05) is 6.92 Å². The molecule has 0 spiro atoms. The van der Waals surface area contributed by atoms with Crippen molar-refractivity contribution in [3.8, 4) is 6.07 Å². The van der Waals surface area contributed by atoms with Crippen LogP contribution in [-0.4, -0.2) is 11.6 Å². The van der Waals surface area contributed by atoms with Crippen LogP contribution >= 0.6 is 0 Å². The Hall–Kier alpha value is -2.21. The maximum absolute atomic E-state index is 10.7. The van der Waals surface area contributed by atoms with Gasteiger partial charge < -0.3 is 0 Å². The quantitative estimate of drug-likeness (QED) is 0.684. The molecule has 0 aliphatic carbocycles. The van der Waals surface area contributed by atoms with Gasteiger partial charge in [0.25, 0.3) is 0 Å². The number of hydrogen-bond donors (Lipinski definition) is 0. The Morgan fingerprint density at radius 3 is 2.60 bits per heavy atom. The van der Waals surface area contributed by atoms with Gasteiger partial charge in [0.2, 0.25) is 5.91 Å². The lowest BCUT2D eigenvalue weighted by Crippen LogP contribution is -1.93. The first-order valence-corrected chi connectivity index (χ1v) is 4.45. The summed E-state index contributed by atoms with van der Waals surface area (Å²) in [5.74, 6) is -0.371. The molecule has 1 rings (SSSR count). The van der Waals surface area contributed by atoms with Crippen LogP contribution in [0.3, 0.4) is 0 Å². The highest BCUT2D eigenvalue weighted by atomic mass is 16.1. The molecular formula is C12H10N2O. The van der Waals surface area contributed by atoms with Crippen LogP contribution in [0.4, 0.5) is 0 Å². The van der Waals surface area contributed by atoms with Crippen molar-refractivity contribution >= 4 is 17.7 Å². The third-order valence-corrected chi connectivity index (χ3v) is 1.63. The third kappa shape index (κ3) is 4.01. The van der Waals surface area contributed by atoms with Crippen LogP contribution in [0, 0.1) is 11.3 Å². The number of nitriles is 1. The van der Waals surface area contributed by atoms with Crippen molar-refractivity contribution in [3.63, 3.8) is 0 Å². The van der Waals surface area contributed by atoms with Crippen molar-refractivity contribution < 1.29 is 4.79 Å². The Morgan fingerprint density at radius 2 is 2.07 bits per heavy atom. The summed E-state index contributed by atoms with van der Waals surface area (Å²) in [5.41, 5.74) is 1.08. The molecule has 0 saturated heterocycles. The molecule has 0 radical (unpaired) electrons. The molecule has 0 heterocycles. The van der Waals surface area contributed by atoms with E-state index in [1.54, 1.807) is 6.08 Å². The highest BCUT2D eigenvalue weighted by molar-refractivity contribution is 6.13. The summed E-state index contributed by atoms with van der Waals surface area (Å²) >= 11 is 0. The number of carbonyl (C=O) groups is 1. The van der Waals surface area contributed by atoms with Gasteiger partial charge in [0.05, 0.1) is 0 Å². The molecule has 0 aromatic heterocycles. The highest BCUT2D eigenvalue weighted by Gasteiger charge is 1.93. The molecule has 0 bridgehead atoms. The highest BCUT2D eigenvalue weighted by Crippen LogP contribution is 2.01. The van der Waals surface area contributed by atoms with Crippen LogP contribution in [0.15, 0.2) is 41.4 Å². The second-order valence-corrected chi connectivity index (χ2v) is 2.87. The van der Waals surface area contributed by atoms with Crippen molar-refractivity contribution in [1.29, 1.82) is 5.26 Å². The fraction of sp³-hybridized carbons (Fsp3) is 0.0833. The van der Waals surface area contributed by atoms with Crippen molar-refractivity contribution in [1.82, 2.24) is 0 Å². The van der Waals surface area contributed by atoms with Crippen LogP contribution in [0.5, 0.6) is 0 Å². The number of aliphatic imine (C=N–C) groups is 1. The monoisotopic (exact) mass is 198 g/mol. The van der Waals surface area contributed by atoms with Gasteiger partial charge in [-0.1, -0.05) is 36.4 Å². The van der Waals surface area contributed by atoms with E-state index in [-0.39, 0.29) is 11.6 Å². The van der Waals surface area contributed by atoms with Gasteiger partial charge in [-0.25, -0.2) is 4.99 Å². The average Bonchev–Trinajstić information content (AvgIpc) is 2.25. The topological polar surface area (TPSA) is 53.2 Å². The summed E-state index contributed by atoms with van der Waals surface area (Å²) in [6.45, 7) is 1.31. The van der Waals surface area contributed by atoms with E-state index in [4.69, 9.17) is 5.26 Å². The molecule has 1 amide bonds. The predicted molar refractivity (Wildman–Crippen MR) is 59.2 cm³/mol. The lowest BCUT2D eigenvalue weighted by Gasteiger charge is -1.90. The van der Waals surface area contributed by atoms with Crippen molar-refractivity contribution in [2.45, 2.75) is 6.92 Å². The Labute approximate surface area is 88.4 Å². The molecule has 0 aliphatic heterocycles. The van der Waals surface area contributed by atoms with Gasteiger partial charge in [-0.3, -0.25) is 4.79 Å². The van der Waals surface area contributed by atoms with Crippen molar-refractivity contribution in [3.05, 3.63) is 42.0 Å². The Bertz CT molecular complexity index is 438. The molecule has 1 aromatic rings. The van der Waals surface area contributed by atoms with Crippen LogP contribution in [0.2, 0.25) is 0 Å². The minimum Gasteiger partial charge on any atom is -0.273 e. The maximum atomic E-state index is 10.7. The van der Waals surface area contributed by atoms with Crippen LogP contribution in [0.25, 0.3) is 6.08 Å². The van der Waals surface area contributed by atoms with E-state index in [0.717, 1.165) is 5.56 Å². The SMILES string of the molecule is CC(=O)N=C(C#N)/C=C/c1ccccc1. The van der Waals surface area contributed by atoms with Crippen LogP contribution in [-0.2, 0) is 4.79 Å². The van der Waals surface area contributed by atoms with Gasteiger partial charge in [-0.05, 0) is 11.6 Å². The number of carbonyl (C=O) groups excluding carboxylic acids is 1. The number of nitrogens with zero attached hydrogens (tertiary/aromatic N) is 2. The number of hydrogen-bond acceptors (Lipinski definition) is 2. The largest absolute Gasteiger partial charge is 0.273 e. The predicted octanol–water partition coefficient (Wildman–Crippen LogP) is 2.21. The molecule has 0 unspecified atom stereocenters. The first-order chi connectivity index (χ1) is 7.22. The molecule has 0 fully saturated rings. The zero-order valence-corrected chi connectivity index (χ0v) is 8.34. The lowest BCUT2D eigenvalue weighted by atomic mass is 10.2. The average molecular weight is 198 g/mol. The minimum atomic E-state index is -0.371. The summed E-state index contributed by atoms with van der Waals surface area (Å²) < 4.78 is 0. The molecule has 74 valence electrons. The summed E-state index contributed by atoms with van der Waals surface area (Å²) in [7, 11) is 0. The molecule has 3 heteroatoms. The molecule has 0 N–H and O–H groups in total. The Morgan fingerprint density at radius 1 is 1.40 bits per heavy atom. The summed E-state index contributed by atoms with van der Waals surface area (Å²) in [4.78, 5) is 14.2. The smallest absolute Gasteiger partial charge is 0.243 e. The fourth-order valence-electron chi connectivity index (χ4n) is 1.01. The van der Waals surface area contributed by atoms with Crippen molar-refractivity contribution in [2.24, 2.45) is 4.99 Å². The van der Waals surface area contributed by atoms with E-state index in [1.807, 2.05) is 36.4 Å². The zero-order valence-electron chi connectivity index (χ0n) is 8.34. The first kappa shape index (κ1) is 10.9. The number of amides is 1. The van der Waals surface area contributed by atoms with Gasteiger partial charge in [-0.2, -0.15) is 5.26 Å². The van der Waals surface area contributed by atoms with Gasteiger partial charge >= 0.3 is 0 Å². The van der Waals surface area contributed by atoms with Crippen molar-refractivity contribution in [2.75, 3.05) is 0 Å². The van der Waals surface area contributed by atoms with Gasteiger partial charge in [0.15, 0.2) is 0 Å². The maximum Gasteiger partial charge on any atom is 0.243 e. The standard InChI is InChI=1S/C12H10N2O/c1-10(15)14-12(9-13)8-7-11-5-3-2-4-6-11/h2-8H,1H3/b8-7+,14-12?. The van der Waals surface area contributed by atoms with E-state index in [2.05, 4.69) is 4.99 Å². The van der Waals surface area contributed by atoms with E-state index >= 15 is 0 Å². The third-order valence-electron chi connectivity index (χ3n) is 1.63. The molecule has 3 nitrogen and oxygen atoms in total. The van der Waals surface area contributed by atoms with E-state index < -0.39 is 0 Å². The minimum absolute atomic E-state index is 0.117. The second kappa shape index (κ2) is 5.51. The number of allylic oxidation sites excluding steroid dienone is 1. The summed E-state index contributed by atoms with van der Waals surface area (Å²) in [5, 5.41) is 8.67. The summed E-state index contributed by atoms with van der Waals surface area (Å²) in [6, 6.07) is 11.4. The second-order valence-electron chi connectivity index (χ2n) is 2.87. The van der Waals surface area contributed by atoms with Gasteiger partial charge in [-0.15, -0.1) is 0 Å². The van der Waals surface area contributed by atoms with Crippen LogP contribution < -0.4 is 0 Å². The van der Waals surface area contributed by atoms with E-state index in [1.165, 1.54) is 13.0 Å². The molecule has 0 atom stereocenters. The number of rotatable bonds is 2. The molecule has 1 aromatic carbocycles. The Balaban J connectivity index is 2.82. The zero-order chi connectivity index (χ0) is 11.1. The van der Waals surface area contributed by atoms with Gasteiger partial charge in [0.1, 0.15) is 11.8 Å². The molecule has 0 saturated carbocycles. The molecule has 0 aliphatic rings. The normalized spacial score (nSPS) is 11.3. The first-order valence-electron chi connectivity index (χ1n) is 4.45.